The van der Waals surface area contributed by atoms with Crippen molar-refractivity contribution in [1.29, 1.82) is 0 Å². The van der Waals surface area contributed by atoms with Crippen LogP contribution in [0.25, 0.3) is 0 Å². The monoisotopic (exact) mass is 570 g/mol. The Morgan fingerprint density at radius 3 is 2.23 bits per heavy atom. The summed E-state index contributed by atoms with van der Waals surface area (Å²) in [5.41, 5.74) is -4.45. The molecule has 10 atom stereocenters. The number of halogens is 3. The Bertz CT molecular complexity index is 1200. The summed E-state index contributed by atoms with van der Waals surface area (Å²) in [6.07, 6.45) is -2.12. The number of sulfone groups is 1. The first kappa shape index (κ1) is 29.4. The Morgan fingerprint density at radius 2 is 1.62 bits per heavy atom. The lowest BCUT2D eigenvalue weighted by molar-refractivity contribution is -0.316. The average Bonchev–Trinajstić information content (AvgIpc) is 3.17. The number of alkyl halides is 3. The molecular weight excluding hydrogens is 525 g/mol. The Labute approximate surface area is 231 Å². The fourth-order valence-corrected chi connectivity index (χ4v) is 12.6. The van der Waals surface area contributed by atoms with E-state index in [4.69, 9.17) is 0 Å². The van der Waals surface area contributed by atoms with Crippen LogP contribution in [-0.2, 0) is 9.84 Å². The molecule has 4 aliphatic carbocycles. The van der Waals surface area contributed by atoms with Crippen molar-refractivity contribution < 1.29 is 31.8 Å². The average molecular weight is 571 g/mol. The van der Waals surface area contributed by atoms with E-state index in [0.717, 1.165) is 12.8 Å². The molecular formula is C31H45F3O4S. The normalized spacial score (nSPS) is 47.1. The summed E-state index contributed by atoms with van der Waals surface area (Å²) in [6, 6.07) is 8.56. The minimum Gasteiger partial charge on any atom is -0.393 e. The Hall–Kier alpha value is -1.12. The van der Waals surface area contributed by atoms with Gasteiger partial charge in [-0.2, -0.15) is 13.2 Å². The van der Waals surface area contributed by atoms with Gasteiger partial charge in [0.1, 0.15) is 0 Å². The fraction of sp³-hybridized carbons (Fsp3) is 0.806. The molecule has 8 heteroatoms. The zero-order chi connectivity index (χ0) is 28.9. The number of aliphatic hydroxyl groups is 2. The van der Waals surface area contributed by atoms with Crippen LogP contribution in [0.2, 0.25) is 0 Å². The quantitative estimate of drug-likeness (QED) is 0.418. The minimum atomic E-state index is -4.67. The van der Waals surface area contributed by atoms with E-state index in [1.165, 1.54) is 0 Å². The van der Waals surface area contributed by atoms with Crippen molar-refractivity contribution in [2.45, 2.75) is 109 Å². The number of benzene rings is 1. The maximum Gasteiger partial charge on any atom is 0.417 e. The molecule has 5 rings (SSSR count). The molecule has 2 N–H and O–H groups in total. The van der Waals surface area contributed by atoms with E-state index in [-0.39, 0.29) is 59.5 Å². The first-order chi connectivity index (χ1) is 17.8. The first-order valence-electron chi connectivity index (χ1n) is 14.6. The molecule has 220 valence electrons. The highest BCUT2D eigenvalue weighted by Crippen LogP contribution is 2.76. The molecule has 0 amide bonds. The molecule has 0 spiro atoms. The minimum absolute atomic E-state index is 0.0615. The van der Waals surface area contributed by atoms with Gasteiger partial charge in [-0.1, -0.05) is 52.8 Å². The lowest BCUT2D eigenvalue weighted by Gasteiger charge is -2.71. The lowest BCUT2D eigenvalue weighted by Crippen LogP contribution is -2.68. The molecule has 0 saturated heterocycles. The van der Waals surface area contributed by atoms with Gasteiger partial charge in [-0.15, -0.1) is 0 Å². The first-order valence-corrected chi connectivity index (χ1v) is 16.2. The van der Waals surface area contributed by atoms with E-state index in [1.54, 1.807) is 30.3 Å². The van der Waals surface area contributed by atoms with Gasteiger partial charge in [0, 0.05) is 0 Å². The third kappa shape index (κ3) is 4.16. The number of hydrogen-bond donors (Lipinski definition) is 2. The van der Waals surface area contributed by atoms with Gasteiger partial charge in [0.25, 0.3) is 0 Å². The van der Waals surface area contributed by atoms with Gasteiger partial charge in [0.05, 0.1) is 16.8 Å². The van der Waals surface area contributed by atoms with Gasteiger partial charge in [-0.25, -0.2) is 8.42 Å². The van der Waals surface area contributed by atoms with Crippen molar-refractivity contribution >= 4 is 9.84 Å². The molecule has 0 aliphatic heterocycles. The van der Waals surface area contributed by atoms with Crippen LogP contribution in [0.4, 0.5) is 13.2 Å². The molecule has 1 aromatic rings. The van der Waals surface area contributed by atoms with E-state index in [1.807, 2.05) is 13.8 Å². The number of hydrogen-bond acceptors (Lipinski definition) is 4. The van der Waals surface area contributed by atoms with Gasteiger partial charge in [0.15, 0.2) is 15.4 Å². The van der Waals surface area contributed by atoms with Crippen LogP contribution in [0.15, 0.2) is 35.2 Å². The Balaban J connectivity index is 1.44. The predicted octanol–water partition coefficient (Wildman–Crippen LogP) is 6.80. The summed E-state index contributed by atoms with van der Waals surface area (Å²) in [5, 5.41) is 22.6. The zero-order valence-electron chi connectivity index (χ0n) is 23.9. The van der Waals surface area contributed by atoms with Crippen molar-refractivity contribution in [3.8, 4) is 0 Å². The van der Waals surface area contributed by atoms with E-state index < -0.39 is 38.5 Å². The highest BCUT2D eigenvalue weighted by Gasteiger charge is 2.73. The van der Waals surface area contributed by atoms with Gasteiger partial charge in [-0.3, -0.25) is 0 Å². The maximum absolute atomic E-state index is 13.9. The SMILES string of the molecule is C[C@H](CS(=O)(=O)c1ccccc1)[C@H]1CC[C@@H]2[C@]1(C)CC(O)[C@H]1[C@@]2(C)CC[C@]2(C)C[C@](O)(C(F)(F)F)CC[C@]12C. The van der Waals surface area contributed by atoms with Crippen molar-refractivity contribution in [2.24, 2.45) is 45.3 Å². The topological polar surface area (TPSA) is 74.6 Å². The Kier molecular flexibility index (Phi) is 6.73. The third-order valence-corrected chi connectivity index (χ3v) is 14.7. The molecule has 0 heterocycles. The predicted molar refractivity (Wildman–Crippen MR) is 145 cm³/mol. The van der Waals surface area contributed by atoms with E-state index in [9.17, 15) is 31.8 Å². The van der Waals surface area contributed by atoms with Gasteiger partial charge in [-0.05, 0) is 109 Å². The number of rotatable bonds is 4. The second kappa shape index (κ2) is 8.94. The zero-order valence-corrected chi connectivity index (χ0v) is 24.7. The smallest absolute Gasteiger partial charge is 0.393 e. The van der Waals surface area contributed by atoms with Crippen molar-refractivity contribution in [3.05, 3.63) is 30.3 Å². The van der Waals surface area contributed by atoms with Crippen LogP contribution in [0.1, 0.15) is 86.0 Å². The van der Waals surface area contributed by atoms with E-state index in [2.05, 4.69) is 20.8 Å². The molecule has 1 unspecified atom stereocenters. The third-order valence-electron chi connectivity index (χ3n) is 12.8. The molecule has 0 bridgehead atoms. The summed E-state index contributed by atoms with van der Waals surface area (Å²) in [5.74, 6) is 0.206. The summed E-state index contributed by atoms with van der Waals surface area (Å²) in [6.45, 7) is 10.5. The molecule has 4 fully saturated rings. The summed E-state index contributed by atoms with van der Waals surface area (Å²) < 4.78 is 68.1. The van der Waals surface area contributed by atoms with Crippen molar-refractivity contribution in [2.75, 3.05) is 5.75 Å². The van der Waals surface area contributed by atoms with Crippen LogP contribution >= 0.6 is 0 Å². The van der Waals surface area contributed by atoms with Crippen LogP contribution in [0.5, 0.6) is 0 Å². The standard InChI is InChI=1S/C31H45F3O4S/c1-20(18-39(37,38)21-9-7-6-8-10-21)22-11-12-24-27(3)14-13-26(2)19-30(36,31(32,33)34)16-15-29(26,5)25(27)23(35)17-28(22,24)4/h6-10,20,22-25,35-36H,11-19H2,1-5H3/t20-,22-,23?,24+,25+,26-,27+,28-,29-,30+/m1/s1. The summed E-state index contributed by atoms with van der Waals surface area (Å²) >= 11 is 0. The Morgan fingerprint density at radius 1 is 0.974 bits per heavy atom. The lowest BCUT2D eigenvalue weighted by atomic mass is 9.34. The number of aliphatic hydroxyl groups excluding tert-OH is 1. The van der Waals surface area contributed by atoms with E-state index in [0.29, 0.717) is 24.2 Å². The van der Waals surface area contributed by atoms with Crippen LogP contribution in [0.3, 0.4) is 0 Å². The molecule has 0 radical (unpaired) electrons. The number of fused-ring (bicyclic) bond motifs is 5. The fourth-order valence-electron chi connectivity index (χ4n) is 10.9. The highest BCUT2D eigenvalue weighted by atomic mass is 32.2. The van der Waals surface area contributed by atoms with Crippen LogP contribution < -0.4 is 0 Å². The summed E-state index contributed by atoms with van der Waals surface area (Å²) in [7, 11) is -3.45. The molecule has 1 aromatic carbocycles. The van der Waals surface area contributed by atoms with Gasteiger partial charge < -0.3 is 10.2 Å². The molecule has 4 nitrogen and oxygen atoms in total. The van der Waals surface area contributed by atoms with Gasteiger partial charge >= 0.3 is 6.18 Å². The van der Waals surface area contributed by atoms with Crippen LogP contribution in [-0.4, -0.2) is 42.3 Å². The summed E-state index contributed by atoms with van der Waals surface area (Å²) in [4.78, 5) is 0.336. The van der Waals surface area contributed by atoms with Crippen molar-refractivity contribution in [1.82, 2.24) is 0 Å². The van der Waals surface area contributed by atoms with E-state index >= 15 is 0 Å². The van der Waals surface area contributed by atoms with Gasteiger partial charge in [0.2, 0.25) is 0 Å². The van der Waals surface area contributed by atoms with Crippen molar-refractivity contribution in [3.63, 3.8) is 0 Å². The second-order valence-corrected chi connectivity index (χ2v) is 16.8. The molecule has 4 saturated carbocycles. The highest BCUT2D eigenvalue weighted by molar-refractivity contribution is 7.91. The van der Waals surface area contributed by atoms with Crippen LogP contribution in [0, 0.1) is 45.3 Å². The molecule has 39 heavy (non-hydrogen) atoms. The molecule has 4 aliphatic rings. The molecule has 0 aromatic heterocycles. The second-order valence-electron chi connectivity index (χ2n) is 14.8. The maximum atomic E-state index is 13.9. The largest absolute Gasteiger partial charge is 0.417 e.